The molecule has 2 rings (SSSR count). The molecular weight excluding hydrogens is 232 g/mol. The van der Waals surface area contributed by atoms with Crippen LogP contribution in [0.3, 0.4) is 0 Å². The summed E-state index contributed by atoms with van der Waals surface area (Å²) in [7, 11) is 0. The molecule has 0 bridgehead atoms. The average molecular weight is 248 g/mol. The van der Waals surface area contributed by atoms with E-state index in [1.165, 1.54) is 0 Å². The molecule has 0 aliphatic heterocycles. The summed E-state index contributed by atoms with van der Waals surface area (Å²) < 4.78 is 1.73. The zero-order chi connectivity index (χ0) is 13.2. The van der Waals surface area contributed by atoms with Crippen LogP contribution in [0.1, 0.15) is 20.8 Å². The summed E-state index contributed by atoms with van der Waals surface area (Å²) in [6.07, 6.45) is 4.95. The van der Waals surface area contributed by atoms with E-state index in [1.807, 2.05) is 20.8 Å². The summed E-state index contributed by atoms with van der Waals surface area (Å²) >= 11 is 0. The van der Waals surface area contributed by atoms with E-state index in [-0.39, 0.29) is 18.0 Å². The van der Waals surface area contributed by atoms with Crippen LogP contribution in [0.5, 0.6) is 0 Å². The maximum atomic E-state index is 11.7. The number of nitrogens with one attached hydrogen (secondary N) is 2. The number of rotatable bonds is 3. The first-order chi connectivity index (χ1) is 8.46. The number of fused-ring (bicyclic) bond motifs is 1. The molecule has 7 heteroatoms. The first kappa shape index (κ1) is 12.3. The van der Waals surface area contributed by atoms with Gasteiger partial charge in [-0.25, -0.2) is 4.98 Å². The lowest BCUT2D eigenvalue weighted by Crippen LogP contribution is -2.43. The molecule has 18 heavy (non-hydrogen) atoms. The lowest BCUT2D eigenvalue weighted by Gasteiger charge is -2.20. The van der Waals surface area contributed by atoms with Crippen molar-refractivity contribution < 1.29 is 4.79 Å². The Bertz CT molecular complexity index is 556. The Hall–Kier alpha value is -2.18. The Morgan fingerprint density at radius 1 is 1.44 bits per heavy atom. The molecule has 2 N–H and O–H groups in total. The van der Waals surface area contributed by atoms with Crippen molar-refractivity contribution in [1.29, 1.82) is 0 Å². The molecule has 2 heterocycles. The molecule has 7 nitrogen and oxygen atoms in total. The number of carbonyl (C=O) groups is 1. The van der Waals surface area contributed by atoms with Gasteiger partial charge in [-0.15, -0.1) is 10.2 Å². The van der Waals surface area contributed by atoms with E-state index in [1.54, 1.807) is 23.1 Å². The van der Waals surface area contributed by atoms with Gasteiger partial charge < -0.3 is 10.6 Å². The Morgan fingerprint density at radius 3 is 2.94 bits per heavy atom. The van der Waals surface area contributed by atoms with Crippen molar-refractivity contribution in [2.45, 2.75) is 26.3 Å². The number of hydrogen-bond donors (Lipinski definition) is 2. The van der Waals surface area contributed by atoms with Gasteiger partial charge in [-0.2, -0.15) is 0 Å². The van der Waals surface area contributed by atoms with Crippen LogP contribution in [-0.4, -0.2) is 37.6 Å². The van der Waals surface area contributed by atoms with E-state index >= 15 is 0 Å². The predicted octanol–water partition coefficient (Wildman–Crippen LogP) is 0.451. The molecule has 0 radical (unpaired) electrons. The van der Waals surface area contributed by atoms with Gasteiger partial charge in [0.15, 0.2) is 5.82 Å². The van der Waals surface area contributed by atoms with Gasteiger partial charge in [0, 0.05) is 17.9 Å². The van der Waals surface area contributed by atoms with E-state index in [2.05, 4.69) is 25.8 Å². The van der Waals surface area contributed by atoms with Crippen LogP contribution in [0, 0.1) is 0 Å². The van der Waals surface area contributed by atoms with Gasteiger partial charge in [0.25, 0.3) is 0 Å². The van der Waals surface area contributed by atoms with Crippen molar-refractivity contribution >= 4 is 17.4 Å². The summed E-state index contributed by atoms with van der Waals surface area (Å²) in [5.74, 6) is 0.449. The second-order valence-electron chi connectivity index (χ2n) is 4.99. The van der Waals surface area contributed by atoms with Crippen molar-refractivity contribution in [3.05, 3.63) is 18.7 Å². The maximum Gasteiger partial charge on any atom is 0.239 e. The van der Waals surface area contributed by atoms with Gasteiger partial charge in [-0.3, -0.25) is 9.20 Å². The standard InChI is InChI=1S/C11H16N6O/c1-11(2,3)15-8(18)6-13-9-10-16-14-7-17(10)5-4-12-9/h4-5,7H,6H2,1-3H3,(H,12,13)(H,15,18). The van der Waals surface area contributed by atoms with Crippen molar-refractivity contribution in [3.8, 4) is 0 Å². The highest BCUT2D eigenvalue weighted by atomic mass is 16.2. The molecule has 0 saturated heterocycles. The number of anilines is 1. The van der Waals surface area contributed by atoms with Gasteiger partial charge >= 0.3 is 0 Å². The Kier molecular flexibility index (Phi) is 3.14. The van der Waals surface area contributed by atoms with E-state index in [9.17, 15) is 4.79 Å². The summed E-state index contributed by atoms with van der Waals surface area (Å²) in [6, 6.07) is 0. The minimum absolute atomic E-state index is 0.0918. The SMILES string of the molecule is CC(C)(C)NC(=O)CNc1nccn2cnnc12. The molecule has 0 spiro atoms. The monoisotopic (exact) mass is 248 g/mol. The number of hydrogen-bond acceptors (Lipinski definition) is 5. The fourth-order valence-electron chi connectivity index (χ4n) is 1.51. The van der Waals surface area contributed by atoms with Crippen molar-refractivity contribution in [2.24, 2.45) is 0 Å². The minimum atomic E-state index is -0.243. The molecule has 1 amide bonds. The highest BCUT2D eigenvalue weighted by molar-refractivity contribution is 5.82. The van der Waals surface area contributed by atoms with Crippen LogP contribution in [-0.2, 0) is 4.79 Å². The van der Waals surface area contributed by atoms with Gasteiger partial charge in [0.05, 0.1) is 6.54 Å². The highest BCUT2D eigenvalue weighted by Gasteiger charge is 2.14. The van der Waals surface area contributed by atoms with E-state index < -0.39 is 0 Å². The van der Waals surface area contributed by atoms with E-state index in [0.717, 1.165) is 0 Å². The Morgan fingerprint density at radius 2 is 2.22 bits per heavy atom. The molecule has 0 aliphatic rings. The largest absolute Gasteiger partial charge is 0.358 e. The topological polar surface area (TPSA) is 84.2 Å². The summed E-state index contributed by atoms with van der Waals surface area (Å²) in [5.41, 5.74) is 0.355. The van der Waals surface area contributed by atoms with Crippen LogP contribution in [0.4, 0.5) is 5.82 Å². The molecule has 0 fully saturated rings. The molecule has 0 aliphatic carbocycles. The van der Waals surface area contributed by atoms with E-state index in [4.69, 9.17) is 0 Å². The summed E-state index contributed by atoms with van der Waals surface area (Å²) in [5, 5.41) is 13.5. The lowest BCUT2D eigenvalue weighted by atomic mass is 10.1. The maximum absolute atomic E-state index is 11.7. The zero-order valence-corrected chi connectivity index (χ0v) is 10.6. The van der Waals surface area contributed by atoms with E-state index in [0.29, 0.717) is 11.5 Å². The van der Waals surface area contributed by atoms with Gasteiger partial charge in [0.2, 0.25) is 11.6 Å². The first-order valence-corrected chi connectivity index (χ1v) is 5.65. The van der Waals surface area contributed by atoms with Crippen LogP contribution >= 0.6 is 0 Å². The third-order valence-electron chi connectivity index (χ3n) is 2.15. The first-order valence-electron chi connectivity index (χ1n) is 5.65. The Balaban J connectivity index is 2.02. The summed E-state index contributed by atoms with van der Waals surface area (Å²) in [6.45, 7) is 5.95. The van der Waals surface area contributed by atoms with Crippen molar-refractivity contribution in [1.82, 2.24) is 24.9 Å². The van der Waals surface area contributed by atoms with Crippen molar-refractivity contribution in [3.63, 3.8) is 0 Å². The second kappa shape index (κ2) is 4.59. The van der Waals surface area contributed by atoms with Crippen molar-refractivity contribution in [2.75, 3.05) is 11.9 Å². The summed E-state index contributed by atoms with van der Waals surface area (Å²) in [4.78, 5) is 15.8. The lowest BCUT2D eigenvalue weighted by molar-refractivity contribution is -0.120. The van der Waals surface area contributed by atoms with Gasteiger partial charge in [-0.1, -0.05) is 0 Å². The molecule has 0 aromatic carbocycles. The predicted molar refractivity (Wildman–Crippen MR) is 67.2 cm³/mol. The quantitative estimate of drug-likeness (QED) is 0.824. The van der Waals surface area contributed by atoms with Crippen LogP contribution in [0.15, 0.2) is 18.7 Å². The average Bonchev–Trinajstić information content (AvgIpc) is 2.72. The molecule has 0 atom stereocenters. The molecular formula is C11H16N6O. The third kappa shape index (κ3) is 2.93. The van der Waals surface area contributed by atoms with Crippen LogP contribution in [0.25, 0.3) is 5.65 Å². The zero-order valence-electron chi connectivity index (χ0n) is 10.6. The molecule has 96 valence electrons. The molecule has 0 unspecified atom stereocenters. The fraction of sp³-hybridized carbons (Fsp3) is 0.455. The third-order valence-corrected chi connectivity index (χ3v) is 2.15. The van der Waals surface area contributed by atoms with Crippen LogP contribution in [0.2, 0.25) is 0 Å². The fourth-order valence-corrected chi connectivity index (χ4v) is 1.51. The smallest absolute Gasteiger partial charge is 0.239 e. The highest BCUT2D eigenvalue weighted by Crippen LogP contribution is 2.08. The minimum Gasteiger partial charge on any atom is -0.358 e. The van der Waals surface area contributed by atoms with Gasteiger partial charge in [0.1, 0.15) is 6.33 Å². The number of carbonyl (C=O) groups excluding carboxylic acids is 1. The Labute approximate surface area is 105 Å². The second-order valence-corrected chi connectivity index (χ2v) is 4.99. The van der Waals surface area contributed by atoms with Crippen LogP contribution < -0.4 is 10.6 Å². The molecule has 0 saturated carbocycles. The number of amides is 1. The van der Waals surface area contributed by atoms with Gasteiger partial charge in [-0.05, 0) is 20.8 Å². The molecule has 2 aromatic heterocycles. The number of nitrogens with zero attached hydrogens (tertiary/aromatic N) is 4. The molecule has 2 aromatic rings. The number of aromatic nitrogens is 4. The normalized spacial score (nSPS) is 11.5.